The quantitative estimate of drug-likeness (QED) is 0.202. The molecular weight excluding hydrogens is 550 g/mol. The second-order valence-electron chi connectivity index (χ2n) is 7.90. The fraction of sp³-hybridized carbons (Fsp3) is 0.0800. The third-order valence-electron chi connectivity index (χ3n) is 5.52. The van der Waals surface area contributed by atoms with E-state index in [0.29, 0.717) is 27.3 Å². The number of hydrogen-bond acceptors (Lipinski definition) is 8. The van der Waals surface area contributed by atoms with Gasteiger partial charge in [0, 0.05) is 18.2 Å². The highest BCUT2D eigenvalue weighted by Gasteiger charge is 2.37. The summed E-state index contributed by atoms with van der Waals surface area (Å²) in [5.74, 6) is -0.254. The van der Waals surface area contributed by atoms with Crippen LogP contribution in [0.15, 0.2) is 70.7 Å². The molecule has 2 aliphatic heterocycles. The first-order chi connectivity index (χ1) is 17.8. The number of nitrogens with zero attached hydrogens (tertiary/aromatic N) is 2. The Hall–Kier alpha value is -4.71. The minimum atomic E-state index is -0.873. The number of hydrogen-bond donors (Lipinski definition) is 1. The molecule has 3 aromatic rings. The number of nitro groups is 1. The van der Waals surface area contributed by atoms with Gasteiger partial charge in [0.2, 0.25) is 6.79 Å². The molecule has 0 atom stereocenters. The minimum absolute atomic E-state index is 0.0117. The number of nitrogens with one attached hydrogen (secondary N) is 1. The van der Waals surface area contributed by atoms with Gasteiger partial charge < -0.3 is 14.2 Å². The van der Waals surface area contributed by atoms with Gasteiger partial charge in [-0.25, -0.2) is 9.69 Å². The molecule has 5 rings (SSSR count). The number of rotatable bonds is 6. The van der Waals surface area contributed by atoms with Crippen LogP contribution in [0.5, 0.6) is 17.2 Å². The fourth-order valence-corrected chi connectivity index (χ4v) is 4.19. The van der Waals surface area contributed by atoms with Gasteiger partial charge in [-0.3, -0.25) is 25.0 Å². The lowest BCUT2D eigenvalue weighted by molar-refractivity contribution is -0.384. The predicted molar refractivity (Wildman–Crippen MR) is 133 cm³/mol. The first-order valence-corrected chi connectivity index (χ1v) is 11.6. The van der Waals surface area contributed by atoms with Gasteiger partial charge in [0.25, 0.3) is 17.5 Å². The Labute approximate surface area is 217 Å². The van der Waals surface area contributed by atoms with Crippen LogP contribution >= 0.6 is 15.9 Å². The molecule has 0 saturated carbocycles. The molecule has 3 aromatic carbocycles. The van der Waals surface area contributed by atoms with Crippen molar-refractivity contribution in [2.75, 3.05) is 11.7 Å². The van der Waals surface area contributed by atoms with E-state index >= 15 is 0 Å². The third kappa shape index (κ3) is 4.86. The Kier molecular flexibility index (Phi) is 6.32. The average Bonchev–Trinajstić information content (AvgIpc) is 3.34. The van der Waals surface area contributed by atoms with Gasteiger partial charge >= 0.3 is 6.03 Å². The standard InChI is InChI=1S/C25H16BrN3O8/c26-19-10-15(3-7-20(19)35-12-14-1-4-16(5-2-14)29(33)34)9-18-23(30)27-25(32)28(24(18)31)17-6-8-21-22(11-17)37-13-36-21/h1-11H,12-13H2,(H,27,30,32)/b18-9+. The van der Waals surface area contributed by atoms with E-state index in [9.17, 15) is 24.5 Å². The Morgan fingerprint density at radius 1 is 1.03 bits per heavy atom. The monoisotopic (exact) mass is 565 g/mol. The van der Waals surface area contributed by atoms with Gasteiger partial charge in [0.15, 0.2) is 11.5 Å². The van der Waals surface area contributed by atoms with Crippen LogP contribution in [-0.4, -0.2) is 29.6 Å². The van der Waals surface area contributed by atoms with E-state index in [1.807, 2.05) is 0 Å². The van der Waals surface area contributed by atoms with E-state index in [-0.39, 0.29) is 30.3 Å². The molecule has 11 nitrogen and oxygen atoms in total. The number of halogens is 1. The highest BCUT2D eigenvalue weighted by atomic mass is 79.9. The molecule has 37 heavy (non-hydrogen) atoms. The lowest BCUT2D eigenvalue weighted by atomic mass is 10.1. The zero-order chi connectivity index (χ0) is 26.1. The second kappa shape index (κ2) is 9.74. The Balaban J connectivity index is 1.34. The largest absolute Gasteiger partial charge is 0.488 e. The first-order valence-electron chi connectivity index (χ1n) is 10.8. The van der Waals surface area contributed by atoms with Crippen LogP contribution in [0.2, 0.25) is 0 Å². The van der Waals surface area contributed by atoms with Gasteiger partial charge in [0.05, 0.1) is 15.1 Å². The van der Waals surface area contributed by atoms with E-state index in [1.54, 1.807) is 36.4 Å². The van der Waals surface area contributed by atoms with Gasteiger partial charge in [-0.1, -0.05) is 6.07 Å². The lowest BCUT2D eigenvalue weighted by Gasteiger charge is -2.26. The lowest BCUT2D eigenvalue weighted by Crippen LogP contribution is -2.54. The third-order valence-corrected chi connectivity index (χ3v) is 6.14. The number of benzene rings is 3. The number of carbonyl (C=O) groups is 3. The molecule has 0 aliphatic carbocycles. The molecular formula is C25H16BrN3O8. The maximum atomic E-state index is 13.2. The number of barbiturate groups is 1. The second-order valence-corrected chi connectivity index (χ2v) is 8.75. The van der Waals surface area contributed by atoms with Crippen molar-refractivity contribution in [1.29, 1.82) is 0 Å². The van der Waals surface area contributed by atoms with E-state index in [1.165, 1.54) is 30.3 Å². The van der Waals surface area contributed by atoms with Gasteiger partial charge in [0.1, 0.15) is 17.9 Å². The topological polar surface area (TPSA) is 137 Å². The van der Waals surface area contributed by atoms with Crippen molar-refractivity contribution in [2.45, 2.75) is 6.61 Å². The molecule has 186 valence electrons. The van der Waals surface area contributed by atoms with Crippen molar-refractivity contribution in [1.82, 2.24) is 5.32 Å². The zero-order valence-electron chi connectivity index (χ0n) is 18.8. The maximum Gasteiger partial charge on any atom is 0.335 e. The van der Waals surface area contributed by atoms with Crippen molar-refractivity contribution in [3.8, 4) is 17.2 Å². The normalized spacial score (nSPS) is 15.6. The summed E-state index contributed by atoms with van der Waals surface area (Å²) in [6.45, 7) is 0.204. The number of imide groups is 2. The molecule has 0 unspecified atom stereocenters. The zero-order valence-corrected chi connectivity index (χ0v) is 20.4. The molecule has 4 amide bonds. The SMILES string of the molecule is O=C1NC(=O)N(c2ccc3c(c2)OCO3)C(=O)/C1=C/c1ccc(OCc2ccc([N+](=O)[O-])cc2)c(Br)c1. The molecule has 0 bridgehead atoms. The Bertz CT molecular complexity index is 1490. The molecule has 2 heterocycles. The highest BCUT2D eigenvalue weighted by Crippen LogP contribution is 2.36. The smallest absolute Gasteiger partial charge is 0.335 e. The van der Waals surface area contributed by atoms with Crippen LogP contribution in [0.25, 0.3) is 6.08 Å². The molecule has 2 aliphatic rings. The summed E-state index contributed by atoms with van der Waals surface area (Å²) in [6.07, 6.45) is 1.37. The minimum Gasteiger partial charge on any atom is -0.488 e. The van der Waals surface area contributed by atoms with Crippen molar-refractivity contribution in [3.63, 3.8) is 0 Å². The van der Waals surface area contributed by atoms with Crippen LogP contribution in [0.1, 0.15) is 11.1 Å². The van der Waals surface area contributed by atoms with Crippen molar-refractivity contribution < 1.29 is 33.5 Å². The average molecular weight is 566 g/mol. The summed E-state index contributed by atoms with van der Waals surface area (Å²) < 4.78 is 16.9. The van der Waals surface area contributed by atoms with E-state index in [2.05, 4.69) is 21.2 Å². The maximum absolute atomic E-state index is 13.2. The van der Waals surface area contributed by atoms with Crippen LogP contribution in [0.3, 0.4) is 0 Å². The Morgan fingerprint density at radius 2 is 1.78 bits per heavy atom. The van der Waals surface area contributed by atoms with E-state index in [4.69, 9.17) is 14.2 Å². The fourth-order valence-electron chi connectivity index (χ4n) is 3.68. The van der Waals surface area contributed by atoms with Crippen LogP contribution < -0.4 is 24.4 Å². The number of carbonyl (C=O) groups excluding carboxylic acids is 3. The summed E-state index contributed by atoms with van der Waals surface area (Å²) in [5.41, 5.74) is 1.22. The molecule has 1 saturated heterocycles. The van der Waals surface area contributed by atoms with E-state index in [0.717, 1.165) is 10.5 Å². The number of nitro benzene ring substituents is 1. The van der Waals surface area contributed by atoms with Crippen molar-refractivity contribution in [2.24, 2.45) is 0 Å². The molecule has 0 radical (unpaired) electrons. The van der Waals surface area contributed by atoms with E-state index < -0.39 is 22.8 Å². The van der Waals surface area contributed by atoms with Gasteiger partial charge in [-0.05, 0) is 69.5 Å². The Morgan fingerprint density at radius 3 is 2.51 bits per heavy atom. The summed E-state index contributed by atoms with van der Waals surface area (Å²) in [6, 6.07) is 14.6. The highest BCUT2D eigenvalue weighted by molar-refractivity contribution is 9.10. The molecule has 12 heteroatoms. The number of urea groups is 1. The van der Waals surface area contributed by atoms with Crippen LogP contribution in [0.4, 0.5) is 16.2 Å². The van der Waals surface area contributed by atoms with Crippen LogP contribution in [0, 0.1) is 10.1 Å². The predicted octanol–water partition coefficient (Wildman–Crippen LogP) is 4.33. The number of fused-ring (bicyclic) bond motifs is 1. The van der Waals surface area contributed by atoms with Gasteiger partial charge in [-0.15, -0.1) is 0 Å². The first kappa shape index (κ1) is 24.0. The molecule has 0 spiro atoms. The number of ether oxygens (including phenoxy) is 3. The van der Waals surface area contributed by atoms with Crippen LogP contribution in [-0.2, 0) is 16.2 Å². The summed E-state index contributed by atoms with van der Waals surface area (Å²) >= 11 is 3.41. The number of amides is 4. The summed E-state index contributed by atoms with van der Waals surface area (Å²) in [5, 5.41) is 13.0. The summed E-state index contributed by atoms with van der Waals surface area (Å²) in [7, 11) is 0. The molecule has 0 aromatic heterocycles. The van der Waals surface area contributed by atoms with Crippen molar-refractivity contribution >= 4 is 51.2 Å². The van der Waals surface area contributed by atoms with Crippen molar-refractivity contribution in [3.05, 3.63) is 92.0 Å². The van der Waals surface area contributed by atoms with Gasteiger partial charge in [-0.2, -0.15) is 0 Å². The molecule has 1 N–H and O–H groups in total. The number of non-ortho nitro benzene ring substituents is 1. The molecule has 1 fully saturated rings. The summed E-state index contributed by atoms with van der Waals surface area (Å²) in [4.78, 5) is 49.3. The number of anilines is 1.